The molecule has 1 aromatic heterocycles. The smallest absolute Gasteiger partial charge is 0.127 e. The van der Waals surface area contributed by atoms with Crippen LogP contribution in [0.5, 0.6) is 5.75 Å². The van der Waals surface area contributed by atoms with Crippen molar-refractivity contribution in [3.8, 4) is 5.75 Å². The molecule has 3 nitrogen and oxygen atoms in total. The molecule has 0 aliphatic rings. The Morgan fingerprint density at radius 3 is 2.71 bits per heavy atom. The second kappa shape index (κ2) is 10.6. The largest absolute Gasteiger partial charge is 0.490 e. The van der Waals surface area contributed by atoms with Gasteiger partial charge in [0.15, 0.2) is 0 Å². The van der Waals surface area contributed by atoms with E-state index in [0.29, 0.717) is 0 Å². The van der Waals surface area contributed by atoms with E-state index in [0.717, 1.165) is 42.9 Å². The van der Waals surface area contributed by atoms with Crippen molar-refractivity contribution in [3.63, 3.8) is 0 Å². The first-order valence-corrected chi connectivity index (χ1v) is 8.50. The van der Waals surface area contributed by atoms with Crippen molar-refractivity contribution in [2.75, 3.05) is 6.54 Å². The molecule has 0 radical (unpaired) electrons. The summed E-state index contributed by atoms with van der Waals surface area (Å²) in [5.74, 6) is 0.995. The molecule has 1 N–H and O–H groups in total. The molecule has 0 fully saturated rings. The van der Waals surface area contributed by atoms with Gasteiger partial charge in [0, 0.05) is 30.1 Å². The van der Waals surface area contributed by atoms with E-state index in [1.807, 2.05) is 13.1 Å². The molecule has 21 heavy (non-hydrogen) atoms. The van der Waals surface area contributed by atoms with Crippen LogP contribution in [0.2, 0.25) is 0 Å². The summed E-state index contributed by atoms with van der Waals surface area (Å²) >= 11 is 0. The fourth-order valence-electron chi connectivity index (χ4n) is 2.34. The zero-order valence-electron chi connectivity index (χ0n) is 14.2. The van der Waals surface area contributed by atoms with Crippen molar-refractivity contribution in [2.24, 2.45) is 0 Å². The normalized spacial score (nSPS) is 12.4. The van der Waals surface area contributed by atoms with Gasteiger partial charge in [-0.15, -0.1) is 0 Å². The van der Waals surface area contributed by atoms with Crippen molar-refractivity contribution < 1.29 is 4.74 Å². The maximum Gasteiger partial charge on any atom is 0.127 e. The minimum Gasteiger partial charge on any atom is -0.490 e. The first kappa shape index (κ1) is 18.0. The quantitative estimate of drug-likeness (QED) is 0.604. The van der Waals surface area contributed by atoms with Gasteiger partial charge in [0.1, 0.15) is 5.75 Å². The number of nitrogens with one attached hydrogen (secondary N) is 1. The van der Waals surface area contributed by atoms with Gasteiger partial charge in [0.25, 0.3) is 0 Å². The summed E-state index contributed by atoms with van der Waals surface area (Å²) < 4.78 is 6.16. The number of aromatic nitrogens is 1. The summed E-state index contributed by atoms with van der Waals surface area (Å²) in [6, 6.07) is 2.06. The minimum absolute atomic E-state index is 0.272. The molecule has 0 saturated heterocycles. The molecule has 0 spiro atoms. The molecule has 1 rings (SSSR count). The van der Waals surface area contributed by atoms with Gasteiger partial charge in [-0.1, -0.05) is 33.1 Å². The molecule has 0 aromatic carbocycles. The van der Waals surface area contributed by atoms with Gasteiger partial charge in [0.2, 0.25) is 0 Å². The van der Waals surface area contributed by atoms with E-state index in [1.165, 1.54) is 25.7 Å². The van der Waals surface area contributed by atoms with Crippen molar-refractivity contribution >= 4 is 0 Å². The van der Waals surface area contributed by atoms with Crippen molar-refractivity contribution in [3.05, 3.63) is 23.5 Å². The third-order valence-corrected chi connectivity index (χ3v) is 3.62. The van der Waals surface area contributed by atoms with E-state index >= 15 is 0 Å². The average molecular weight is 292 g/mol. The van der Waals surface area contributed by atoms with Gasteiger partial charge in [-0.3, -0.25) is 4.98 Å². The highest BCUT2D eigenvalue weighted by molar-refractivity contribution is 5.33. The van der Waals surface area contributed by atoms with E-state index in [-0.39, 0.29) is 6.10 Å². The van der Waals surface area contributed by atoms with Gasteiger partial charge >= 0.3 is 0 Å². The second-order valence-electron chi connectivity index (χ2n) is 5.89. The number of unbranched alkanes of at least 4 members (excludes halogenated alkanes) is 3. The van der Waals surface area contributed by atoms with E-state index in [4.69, 9.17) is 4.74 Å². The van der Waals surface area contributed by atoms with Crippen LogP contribution in [0, 0.1) is 6.92 Å². The molecule has 0 aliphatic heterocycles. The third-order valence-electron chi connectivity index (χ3n) is 3.62. The Morgan fingerprint density at radius 2 is 2.00 bits per heavy atom. The molecule has 3 heteroatoms. The standard InChI is InChI=1S/C18H32N2O/c1-5-7-8-9-10-16(4)21-18-12-15(3)20-14-17(18)13-19-11-6-2/h12,14,16,19H,5-11,13H2,1-4H3. The van der Waals surface area contributed by atoms with Gasteiger partial charge in [-0.2, -0.15) is 0 Å². The van der Waals surface area contributed by atoms with Crippen molar-refractivity contribution in [1.29, 1.82) is 0 Å². The lowest BCUT2D eigenvalue weighted by molar-refractivity contribution is 0.203. The maximum atomic E-state index is 6.16. The predicted octanol–water partition coefficient (Wildman–Crippen LogP) is 4.63. The Kier molecular flexibility index (Phi) is 9.07. The van der Waals surface area contributed by atoms with Gasteiger partial charge in [0.05, 0.1) is 6.10 Å². The van der Waals surface area contributed by atoms with Crippen molar-refractivity contribution in [1.82, 2.24) is 10.3 Å². The van der Waals surface area contributed by atoms with Crippen LogP contribution in [0.4, 0.5) is 0 Å². The molecular formula is C18H32N2O. The third kappa shape index (κ3) is 7.47. The SMILES string of the molecule is CCCCCCC(C)Oc1cc(C)ncc1CNCCC. The Morgan fingerprint density at radius 1 is 1.19 bits per heavy atom. The molecule has 120 valence electrons. The van der Waals surface area contributed by atoms with Crippen LogP contribution in [0.1, 0.15) is 70.6 Å². The van der Waals surface area contributed by atoms with Gasteiger partial charge in [-0.05, 0) is 39.7 Å². The zero-order chi connectivity index (χ0) is 15.5. The molecule has 1 unspecified atom stereocenters. The summed E-state index contributed by atoms with van der Waals surface area (Å²) in [6.07, 6.45) is 9.66. The van der Waals surface area contributed by atoms with E-state index in [9.17, 15) is 0 Å². The first-order chi connectivity index (χ1) is 10.2. The number of nitrogens with zero attached hydrogens (tertiary/aromatic N) is 1. The Balaban J connectivity index is 2.52. The molecule has 1 atom stereocenters. The van der Waals surface area contributed by atoms with Crippen LogP contribution >= 0.6 is 0 Å². The summed E-state index contributed by atoms with van der Waals surface area (Å²) in [5, 5.41) is 3.42. The molecule has 1 aromatic rings. The van der Waals surface area contributed by atoms with E-state index in [2.05, 4.69) is 37.1 Å². The molecule has 0 bridgehead atoms. The summed E-state index contributed by atoms with van der Waals surface area (Å²) in [6.45, 7) is 10.5. The molecule has 0 amide bonds. The summed E-state index contributed by atoms with van der Waals surface area (Å²) in [4.78, 5) is 4.39. The first-order valence-electron chi connectivity index (χ1n) is 8.50. The number of pyridine rings is 1. The van der Waals surface area contributed by atoms with Crippen molar-refractivity contribution in [2.45, 2.75) is 78.9 Å². The van der Waals surface area contributed by atoms with Crippen LogP contribution in [0.25, 0.3) is 0 Å². The topological polar surface area (TPSA) is 34.1 Å². The predicted molar refractivity (Wildman–Crippen MR) is 89.8 cm³/mol. The monoisotopic (exact) mass is 292 g/mol. The lowest BCUT2D eigenvalue weighted by atomic mass is 10.1. The Bertz CT molecular complexity index is 393. The van der Waals surface area contributed by atoms with Crippen LogP contribution in [0.3, 0.4) is 0 Å². The molecule has 1 heterocycles. The van der Waals surface area contributed by atoms with Crippen LogP contribution < -0.4 is 10.1 Å². The Hall–Kier alpha value is -1.09. The van der Waals surface area contributed by atoms with Gasteiger partial charge in [-0.25, -0.2) is 0 Å². The summed E-state index contributed by atoms with van der Waals surface area (Å²) in [7, 11) is 0. The second-order valence-corrected chi connectivity index (χ2v) is 5.89. The number of hydrogen-bond acceptors (Lipinski definition) is 3. The number of aryl methyl sites for hydroxylation is 1. The molecule has 0 saturated carbocycles. The van der Waals surface area contributed by atoms with Crippen LogP contribution in [0.15, 0.2) is 12.3 Å². The number of rotatable bonds is 11. The Labute approximate surface area is 130 Å². The fraction of sp³-hybridized carbons (Fsp3) is 0.722. The highest BCUT2D eigenvalue weighted by atomic mass is 16.5. The fourth-order valence-corrected chi connectivity index (χ4v) is 2.34. The van der Waals surface area contributed by atoms with Crippen LogP contribution in [-0.4, -0.2) is 17.6 Å². The maximum absolute atomic E-state index is 6.16. The molecular weight excluding hydrogens is 260 g/mol. The zero-order valence-corrected chi connectivity index (χ0v) is 14.2. The highest BCUT2D eigenvalue weighted by Gasteiger charge is 2.09. The number of hydrogen-bond donors (Lipinski definition) is 1. The van der Waals surface area contributed by atoms with Gasteiger partial charge < -0.3 is 10.1 Å². The minimum atomic E-state index is 0.272. The highest BCUT2D eigenvalue weighted by Crippen LogP contribution is 2.21. The number of ether oxygens (including phenoxy) is 1. The lowest BCUT2D eigenvalue weighted by Crippen LogP contribution is -2.17. The summed E-state index contributed by atoms with van der Waals surface area (Å²) in [5.41, 5.74) is 2.18. The van der Waals surface area contributed by atoms with E-state index < -0.39 is 0 Å². The average Bonchev–Trinajstić information content (AvgIpc) is 2.46. The van der Waals surface area contributed by atoms with E-state index in [1.54, 1.807) is 0 Å². The lowest BCUT2D eigenvalue weighted by Gasteiger charge is -2.18. The molecule has 0 aliphatic carbocycles. The van der Waals surface area contributed by atoms with Crippen LogP contribution in [-0.2, 0) is 6.54 Å².